The third-order valence-corrected chi connectivity index (χ3v) is 3.67. The Labute approximate surface area is 132 Å². The first-order valence-corrected chi connectivity index (χ1v) is 7.78. The zero-order chi connectivity index (χ0) is 15.8. The summed E-state index contributed by atoms with van der Waals surface area (Å²) in [5.41, 5.74) is 1.81. The number of nitrogens with one attached hydrogen (secondary N) is 2. The highest BCUT2D eigenvalue weighted by molar-refractivity contribution is 5.93. The lowest BCUT2D eigenvalue weighted by molar-refractivity contribution is 0.0375. The van der Waals surface area contributed by atoms with Crippen molar-refractivity contribution in [3.63, 3.8) is 0 Å². The van der Waals surface area contributed by atoms with E-state index in [2.05, 4.69) is 15.5 Å². The Morgan fingerprint density at radius 2 is 2.00 bits per heavy atom. The van der Waals surface area contributed by atoms with Gasteiger partial charge in [0.05, 0.1) is 24.6 Å². The Bertz CT molecular complexity index is 473. The molecule has 1 aliphatic rings. The molecule has 1 aromatic rings. The van der Waals surface area contributed by atoms with Crippen LogP contribution in [0.25, 0.3) is 0 Å². The summed E-state index contributed by atoms with van der Waals surface area (Å²) >= 11 is 0. The Morgan fingerprint density at radius 3 is 2.73 bits per heavy atom. The van der Waals surface area contributed by atoms with E-state index in [1.165, 1.54) is 0 Å². The van der Waals surface area contributed by atoms with Gasteiger partial charge in [-0.15, -0.1) is 0 Å². The number of nitrogens with zero attached hydrogens (tertiary/aromatic N) is 2. The first-order valence-electron chi connectivity index (χ1n) is 7.78. The van der Waals surface area contributed by atoms with E-state index in [0.717, 1.165) is 50.6 Å². The third-order valence-electron chi connectivity index (χ3n) is 3.67. The Balaban J connectivity index is 1.69. The van der Waals surface area contributed by atoms with E-state index in [-0.39, 0.29) is 6.03 Å². The molecule has 1 heterocycles. The molecule has 2 rings (SSSR count). The number of benzene rings is 1. The van der Waals surface area contributed by atoms with Crippen molar-refractivity contribution in [2.45, 2.75) is 6.42 Å². The molecule has 122 valence electrons. The Kier molecular flexibility index (Phi) is 6.48. The van der Waals surface area contributed by atoms with Crippen LogP contribution in [-0.2, 0) is 4.74 Å². The van der Waals surface area contributed by atoms with Crippen LogP contribution in [-0.4, -0.2) is 64.4 Å². The molecule has 0 aromatic heterocycles. The highest BCUT2D eigenvalue weighted by Gasteiger charge is 2.10. The second-order valence-corrected chi connectivity index (χ2v) is 5.60. The lowest BCUT2D eigenvalue weighted by atomic mass is 10.2. The first kappa shape index (κ1) is 16.6. The number of anilines is 2. The molecular weight excluding hydrogens is 280 g/mol. The van der Waals surface area contributed by atoms with Crippen molar-refractivity contribution in [1.29, 1.82) is 0 Å². The van der Waals surface area contributed by atoms with Gasteiger partial charge in [-0.25, -0.2) is 4.79 Å². The van der Waals surface area contributed by atoms with Gasteiger partial charge < -0.3 is 20.3 Å². The predicted molar refractivity (Wildman–Crippen MR) is 89.7 cm³/mol. The monoisotopic (exact) mass is 306 g/mol. The van der Waals surface area contributed by atoms with Crippen molar-refractivity contribution in [3.8, 4) is 0 Å². The number of morpholine rings is 1. The second kappa shape index (κ2) is 8.60. The van der Waals surface area contributed by atoms with Crippen molar-refractivity contribution in [2.24, 2.45) is 0 Å². The molecule has 1 aromatic carbocycles. The van der Waals surface area contributed by atoms with Crippen LogP contribution in [0, 0.1) is 0 Å². The van der Waals surface area contributed by atoms with Crippen molar-refractivity contribution in [2.75, 3.05) is 63.7 Å². The van der Waals surface area contributed by atoms with Crippen LogP contribution in [0.15, 0.2) is 24.3 Å². The number of amides is 2. The van der Waals surface area contributed by atoms with Crippen molar-refractivity contribution in [3.05, 3.63) is 24.3 Å². The molecular formula is C16H26N4O2. The molecule has 0 bridgehead atoms. The normalized spacial score (nSPS) is 15.4. The summed E-state index contributed by atoms with van der Waals surface area (Å²) in [4.78, 5) is 16.3. The summed E-state index contributed by atoms with van der Waals surface area (Å²) in [5, 5.41) is 5.82. The van der Waals surface area contributed by atoms with Gasteiger partial charge in [-0.05, 0) is 25.1 Å². The van der Waals surface area contributed by atoms with E-state index in [9.17, 15) is 4.79 Å². The van der Waals surface area contributed by atoms with E-state index >= 15 is 0 Å². The van der Waals surface area contributed by atoms with Gasteiger partial charge in [0.15, 0.2) is 0 Å². The number of carbonyl (C=O) groups excluding carboxylic acids is 1. The molecule has 1 saturated heterocycles. The highest BCUT2D eigenvalue weighted by Crippen LogP contribution is 2.23. The highest BCUT2D eigenvalue weighted by atomic mass is 16.5. The Morgan fingerprint density at radius 1 is 1.27 bits per heavy atom. The largest absolute Gasteiger partial charge is 0.379 e. The third kappa shape index (κ3) is 5.20. The molecule has 0 radical (unpaired) electrons. The molecule has 0 unspecified atom stereocenters. The van der Waals surface area contributed by atoms with Gasteiger partial charge >= 0.3 is 6.03 Å². The summed E-state index contributed by atoms with van der Waals surface area (Å²) in [5.74, 6) is 0. The minimum Gasteiger partial charge on any atom is -0.379 e. The van der Waals surface area contributed by atoms with E-state index in [0.29, 0.717) is 6.54 Å². The summed E-state index contributed by atoms with van der Waals surface area (Å²) in [6.45, 7) is 5.28. The summed E-state index contributed by atoms with van der Waals surface area (Å²) in [6.07, 6.45) is 0.947. The predicted octanol–water partition coefficient (Wildman–Crippen LogP) is 1.60. The average Bonchev–Trinajstić information content (AvgIpc) is 2.53. The second-order valence-electron chi connectivity index (χ2n) is 5.60. The SMILES string of the molecule is CN(C)c1ccccc1NC(=O)NCCCN1CCOCC1. The number of ether oxygens (including phenoxy) is 1. The van der Waals surface area contributed by atoms with Crippen LogP contribution in [0.3, 0.4) is 0 Å². The molecule has 6 nitrogen and oxygen atoms in total. The van der Waals surface area contributed by atoms with Gasteiger partial charge in [0.25, 0.3) is 0 Å². The summed E-state index contributed by atoms with van der Waals surface area (Å²) in [6, 6.07) is 7.61. The fourth-order valence-corrected chi connectivity index (χ4v) is 2.47. The molecule has 0 saturated carbocycles. The van der Waals surface area contributed by atoms with Gasteiger partial charge in [-0.2, -0.15) is 0 Å². The number of hydrogen-bond donors (Lipinski definition) is 2. The maximum absolute atomic E-state index is 12.0. The smallest absolute Gasteiger partial charge is 0.319 e. The fraction of sp³-hybridized carbons (Fsp3) is 0.562. The maximum atomic E-state index is 12.0. The van der Waals surface area contributed by atoms with E-state index in [1.807, 2.05) is 43.3 Å². The topological polar surface area (TPSA) is 56.8 Å². The minimum absolute atomic E-state index is 0.156. The van der Waals surface area contributed by atoms with Crippen molar-refractivity contribution >= 4 is 17.4 Å². The quantitative estimate of drug-likeness (QED) is 0.784. The lowest BCUT2D eigenvalue weighted by Crippen LogP contribution is -2.38. The van der Waals surface area contributed by atoms with Crippen molar-refractivity contribution in [1.82, 2.24) is 10.2 Å². The van der Waals surface area contributed by atoms with Crippen LogP contribution in [0.5, 0.6) is 0 Å². The molecule has 6 heteroatoms. The van der Waals surface area contributed by atoms with Gasteiger partial charge in [-0.3, -0.25) is 4.90 Å². The molecule has 0 atom stereocenters. The maximum Gasteiger partial charge on any atom is 0.319 e. The molecule has 22 heavy (non-hydrogen) atoms. The van der Waals surface area contributed by atoms with Gasteiger partial charge in [-0.1, -0.05) is 12.1 Å². The van der Waals surface area contributed by atoms with E-state index in [4.69, 9.17) is 4.74 Å². The molecule has 0 spiro atoms. The molecule has 1 aliphatic heterocycles. The molecule has 2 amide bonds. The summed E-state index contributed by atoms with van der Waals surface area (Å²) in [7, 11) is 3.92. The van der Waals surface area contributed by atoms with Crippen LogP contribution >= 0.6 is 0 Å². The van der Waals surface area contributed by atoms with E-state index in [1.54, 1.807) is 0 Å². The van der Waals surface area contributed by atoms with Crippen LogP contribution in [0.2, 0.25) is 0 Å². The zero-order valence-corrected chi connectivity index (χ0v) is 13.5. The minimum atomic E-state index is -0.156. The van der Waals surface area contributed by atoms with Crippen LogP contribution in [0.1, 0.15) is 6.42 Å². The number of rotatable bonds is 6. The van der Waals surface area contributed by atoms with Gasteiger partial charge in [0.1, 0.15) is 0 Å². The van der Waals surface area contributed by atoms with E-state index < -0.39 is 0 Å². The van der Waals surface area contributed by atoms with Crippen LogP contribution < -0.4 is 15.5 Å². The zero-order valence-electron chi connectivity index (χ0n) is 13.5. The number of hydrogen-bond acceptors (Lipinski definition) is 4. The molecule has 1 fully saturated rings. The average molecular weight is 306 g/mol. The number of carbonyl (C=O) groups is 1. The van der Waals surface area contributed by atoms with Crippen LogP contribution in [0.4, 0.5) is 16.2 Å². The lowest BCUT2D eigenvalue weighted by Gasteiger charge is -2.26. The first-order chi connectivity index (χ1) is 10.7. The Hall–Kier alpha value is -1.79. The fourth-order valence-electron chi connectivity index (χ4n) is 2.47. The van der Waals surface area contributed by atoms with Gasteiger partial charge in [0.2, 0.25) is 0 Å². The number of para-hydroxylation sites is 2. The molecule has 2 N–H and O–H groups in total. The standard InChI is InChI=1S/C16H26N4O2/c1-19(2)15-7-4-3-6-14(15)18-16(21)17-8-5-9-20-10-12-22-13-11-20/h3-4,6-7H,5,8-13H2,1-2H3,(H2,17,18,21). The molecule has 0 aliphatic carbocycles. The van der Waals surface area contributed by atoms with Gasteiger partial charge in [0, 0.05) is 33.7 Å². The van der Waals surface area contributed by atoms with Crippen molar-refractivity contribution < 1.29 is 9.53 Å². The number of urea groups is 1. The summed E-state index contributed by atoms with van der Waals surface area (Å²) < 4.78 is 5.32.